The van der Waals surface area contributed by atoms with Gasteiger partial charge in [0, 0.05) is 13.8 Å². The molecule has 0 aliphatic heterocycles. The number of para-hydroxylation sites is 2. The Labute approximate surface area is 183 Å². The van der Waals surface area contributed by atoms with E-state index in [0.717, 1.165) is 34.0 Å². The number of fused-ring (bicyclic) bond motifs is 2. The van der Waals surface area contributed by atoms with Crippen molar-refractivity contribution in [3.63, 3.8) is 0 Å². The molecule has 10 nitrogen and oxygen atoms in total. The summed E-state index contributed by atoms with van der Waals surface area (Å²) in [7, 11) is 0. The predicted molar refractivity (Wildman–Crippen MR) is 97.8 cm³/mol. The Morgan fingerprint density at radius 2 is 1.17 bits per heavy atom. The molecule has 4 aromatic rings. The Kier molecular flexibility index (Phi) is 17.3. The quantitative estimate of drug-likeness (QED) is 0.342. The van der Waals surface area contributed by atoms with Crippen molar-refractivity contribution in [2.24, 2.45) is 0 Å². The Morgan fingerprint density at radius 1 is 0.733 bits per heavy atom. The molecule has 0 saturated carbocycles. The van der Waals surface area contributed by atoms with E-state index < -0.39 is 0 Å². The molecule has 0 fully saturated rings. The van der Waals surface area contributed by atoms with Crippen molar-refractivity contribution in [3.05, 3.63) is 59.8 Å². The minimum atomic E-state index is 0. The van der Waals surface area contributed by atoms with Gasteiger partial charge in [-0.15, -0.1) is 0 Å². The van der Waals surface area contributed by atoms with E-state index in [4.69, 9.17) is 28.0 Å². The number of hydrogen-bond acceptors (Lipinski definition) is 9. The summed E-state index contributed by atoms with van der Waals surface area (Å²) in [5, 5.41) is 0. The van der Waals surface area contributed by atoms with Crippen LogP contribution in [0, 0.1) is 20.8 Å². The maximum atomic E-state index is 8.12. The summed E-state index contributed by atoms with van der Waals surface area (Å²) >= 11 is 0. The van der Waals surface area contributed by atoms with E-state index in [1.54, 1.807) is 0 Å². The topological polar surface area (TPSA) is 182 Å². The van der Waals surface area contributed by atoms with Gasteiger partial charge >= 0.3 is 31.2 Å². The third-order valence-corrected chi connectivity index (χ3v) is 3.05. The summed E-state index contributed by atoms with van der Waals surface area (Å²) in [6.45, 7) is 5.75. The van der Waals surface area contributed by atoms with E-state index in [-0.39, 0.29) is 42.1 Å². The van der Waals surface area contributed by atoms with Crippen LogP contribution in [0.2, 0.25) is 0 Å². The molecule has 11 heteroatoms. The van der Waals surface area contributed by atoms with E-state index in [0.29, 0.717) is 0 Å². The zero-order valence-electron chi connectivity index (χ0n) is 16.8. The van der Waals surface area contributed by atoms with Crippen molar-refractivity contribution in [2.45, 2.75) is 20.8 Å². The predicted octanol–water partition coefficient (Wildman–Crippen LogP) is -0.584. The molecule has 0 unspecified atom stereocenters. The van der Waals surface area contributed by atoms with Crippen LogP contribution < -0.4 is 18.9 Å². The second-order valence-corrected chi connectivity index (χ2v) is 5.07. The Balaban J connectivity index is -0.000000359. The van der Waals surface area contributed by atoms with E-state index in [9.17, 15) is 0 Å². The van der Waals surface area contributed by atoms with Gasteiger partial charge in [-0.1, -0.05) is 18.2 Å². The number of nitrogens with zero attached hydrogens (tertiary/aromatic N) is 2. The Morgan fingerprint density at radius 3 is 1.67 bits per heavy atom. The van der Waals surface area contributed by atoms with Crippen LogP contribution in [0.4, 0.5) is 0 Å². The zero-order chi connectivity index (χ0) is 20.2. The summed E-state index contributed by atoms with van der Waals surface area (Å²) in [6, 6.07) is 13.7. The van der Waals surface area contributed by atoms with Crippen LogP contribution in [-0.2, 0) is 19.2 Å². The van der Waals surface area contributed by atoms with Gasteiger partial charge in [0.2, 0.25) is 0 Å². The fourth-order valence-corrected chi connectivity index (χ4v) is 2.14. The summed E-state index contributed by atoms with van der Waals surface area (Å²) in [4.78, 5) is 40.9. The smallest absolute Gasteiger partial charge is 0.870 e. The van der Waals surface area contributed by atoms with Gasteiger partial charge in [0.25, 0.3) is 0 Å². The van der Waals surface area contributed by atoms with Gasteiger partial charge in [0.1, 0.15) is 11.0 Å². The third kappa shape index (κ3) is 10.3. The normalized spacial score (nSPS) is 7.97. The van der Waals surface area contributed by atoms with Gasteiger partial charge in [0.05, 0.1) is 0 Å². The maximum Gasteiger partial charge on any atom is 1.00 e. The molecule has 0 aliphatic rings. The first-order valence-electron chi connectivity index (χ1n) is 7.59. The number of aryl methyl sites for hydroxylation is 3. The minimum Gasteiger partial charge on any atom is -0.870 e. The molecule has 0 bridgehead atoms. The molecule has 0 saturated heterocycles. The van der Waals surface area contributed by atoms with Gasteiger partial charge < -0.3 is 19.8 Å². The first-order chi connectivity index (χ1) is 12.9. The first kappa shape index (κ1) is 31.4. The molecule has 2 heterocycles. The number of aromatic nitrogens is 2. The second kappa shape index (κ2) is 16.6. The maximum absolute atomic E-state index is 8.12. The standard InChI is InChI=1S/C9H9NO.C8H7NO.2CO2.Li.2H2O/c1-6-3-4-9-8(5-6)10-7(2)11-9;1-6-9-7-4-2-3-5-8(7)10-6;2*2-1-3;;;/h3-5H,1-2H3;2-5H,1H3;;;;2*1H2/q;;;;+1;;/p-1. The molecule has 0 amide bonds. The van der Waals surface area contributed by atoms with Gasteiger partial charge in [0.15, 0.2) is 22.9 Å². The van der Waals surface area contributed by atoms with Crippen LogP contribution in [0.15, 0.2) is 51.3 Å². The number of oxazole rings is 2. The average Bonchev–Trinajstić information content (AvgIpc) is 3.16. The summed E-state index contributed by atoms with van der Waals surface area (Å²) in [5.41, 5.74) is 4.82. The molecule has 0 spiro atoms. The summed E-state index contributed by atoms with van der Waals surface area (Å²) in [6.07, 6.45) is 0.500. The minimum absolute atomic E-state index is 0. The van der Waals surface area contributed by atoms with Gasteiger partial charge in [-0.25, -0.2) is 9.97 Å². The molecular weight excluding hydrogens is 391 g/mol. The van der Waals surface area contributed by atoms with Crippen LogP contribution in [-0.4, -0.2) is 33.2 Å². The molecule has 0 aliphatic carbocycles. The fourth-order valence-electron chi connectivity index (χ4n) is 2.14. The van der Waals surface area contributed by atoms with Crippen molar-refractivity contribution >= 4 is 34.5 Å². The van der Waals surface area contributed by atoms with E-state index in [1.807, 2.05) is 63.2 Å². The van der Waals surface area contributed by atoms with Crippen molar-refractivity contribution in [1.82, 2.24) is 9.97 Å². The van der Waals surface area contributed by atoms with Gasteiger partial charge in [-0.05, 0) is 36.8 Å². The molecule has 154 valence electrons. The number of benzene rings is 2. The Hall–Kier alpha value is -3.34. The fraction of sp³-hybridized carbons (Fsp3) is 0.158. The van der Waals surface area contributed by atoms with Crippen molar-refractivity contribution in [3.8, 4) is 0 Å². The van der Waals surface area contributed by atoms with Crippen LogP contribution in [0.5, 0.6) is 0 Å². The number of rotatable bonds is 0. The van der Waals surface area contributed by atoms with Crippen LogP contribution in [0.3, 0.4) is 0 Å². The SMILES string of the molecule is Cc1ccc2oc(C)nc2c1.Cc1nc2ccccc2o1.O.O=C=O.O=C=O.[Li+].[OH-]. The first-order valence-corrected chi connectivity index (χ1v) is 7.59. The summed E-state index contributed by atoms with van der Waals surface area (Å²) in [5.74, 6) is 1.45. The number of carbonyl (C=O) groups excluding carboxylic acids is 4. The average molecular weight is 410 g/mol. The third-order valence-electron chi connectivity index (χ3n) is 3.05. The number of hydrogen-bond donors (Lipinski definition) is 0. The van der Waals surface area contributed by atoms with Crippen LogP contribution in [0.25, 0.3) is 22.2 Å². The molecule has 2 aromatic heterocycles. The zero-order valence-corrected chi connectivity index (χ0v) is 16.8. The van der Waals surface area contributed by atoms with Crippen molar-refractivity contribution < 1.29 is 57.8 Å². The van der Waals surface area contributed by atoms with Gasteiger partial charge in [-0.3, -0.25) is 0 Å². The molecular formula is C19H19LiN2O8. The monoisotopic (exact) mass is 410 g/mol. The van der Waals surface area contributed by atoms with Crippen LogP contribution >= 0.6 is 0 Å². The van der Waals surface area contributed by atoms with Gasteiger partial charge in [-0.2, -0.15) is 19.2 Å². The van der Waals surface area contributed by atoms with E-state index in [2.05, 4.69) is 9.97 Å². The molecule has 0 radical (unpaired) electrons. The molecule has 3 N–H and O–H groups in total. The molecule has 30 heavy (non-hydrogen) atoms. The second-order valence-electron chi connectivity index (χ2n) is 5.07. The van der Waals surface area contributed by atoms with Crippen molar-refractivity contribution in [1.29, 1.82) is 0 Å². The van der Waals surface area contributed by atoms with E-state index >= 15 is 0 Å². The molecule has 2 aromatic carbocycles. The Bertz CT molecular complexity index is 1030. The van der Waals surface area contributed by atoms with Crippen molar-refractivity contribution in [2.75, 3.05) is 0 Å². The van der Waals surface area contributed by atoms with E-state index in [1.165, 1.54) is 5.56 Å². The van der Waals surface area contributed by atoms with Crippen LogP contribution in [0.1, 0.15) is 17.3 Å². The molecule has 4 rings (SSSR count). The molecule has 0 atom stereocenters. The summed E-state index contributed by atoms with van der Waals surface area (Å²) < 4.78 is 10.6. The largest absolute Gasteiger partial charge is 1.00 e.